The number of allylic oxidation sites excluding steroid dienone is 20. The van der Waals surface area contributed by atoms with Crippen molar-refractivity contribution in [2.75, 3.05) is 19.0 Å². The van der Waals surface area contributed by atoms with Crippen molar-refractivity contribution >= 4 is 22.1 Å². The van der Waals surface area contributed by atoms with Gasteiger partial charge in [-0.1, -0.05) is 155 Å². The number of aliphatic hydroxyl groups excluding tert-OH is 3. The second-order valence-corrected chi connectivity index (χ2v) is 16.2. The van der Waals surface area contributed by atoms with Gasteiger partial charge in [-0.2, -0.15) is 8.42 Å². The SMILES string of the molecule is CC/C=C/C=C/C=C/C=C/CCCCCCCC(=O)O[C@H](COC(=O)CC/C=C/C/C=C/C/C=C/C/C=C/C/C=C/C/C=C/CC)CO[C@H]1O[C@H](CS(=O)(=O)O)[C@@H](O)C(O)C1O. The summed E-state index contributed by atoms with van der Waals surface area (Å²) >= 11 is 0. The van der Waals surface area contributed by atoms with E-state index in [4.69, 9.17) is 18.9 Å². The Morgan fingerprint density at radius 3 is 1.66 bits per heavy atom. The third kappa shape index (κ3) is 31.8. The summed E-state index contributed by atoms with van der Waals surface area (Å²) in [5.74, 6) is -2.14. The number of rotatable bonds is 34. The highest BCUT2D eigenvalue weighted by Gasteiger charge is 2.46. The number of aliphatic hydroxyl groups is 3. The third-order valence-corrected chi connectivity index (χ3v) is 9.89. The van der Waals surface area contributed by atoms with Crippen LogP contribution in [0.15, 0.2) is 122 Å². The maximum absolute atomic E-state index is 12.8. The fourth-order valence-corrected chi connectivity index (χ4v) is 6.46. The Bertz CT molecular complexity index is 1600. The first-order valence-electron chi connectivity index (χ1n) is 22.1. The van der Waals surface area contributed by atoms with Crippen LogP contribution >= 0.6 is 0 Å². The summed E-state index contributed by atoms with van der Waals surface area (Å²) < 4.78 is 53.9. The lowest BCUT2D eigenvalue weighted by Gasteiger charge is -2.40. The van der Waals surface area contributed by atoms with Crippen LogP contribution in [0.2, 0.25) is 0 Å². The van der Waals surface area contributed by atoms with Gasteiger partial charge in [-0.15, -0.1) is 0 Å². The van der Waals surface area contributed by atoms with E-state index in [1.165, 1.54) is 0 Å². The highest BCUT2D eigenvalue weighted by atomic mass is 32.2. The average Bonchev–Trinajstić information content (AvgIpc) is 3.24. The van der Waals surface area contributed by atoms with E-state index in [1.54, 1.807) is 0 Å². The molecule has 1 aliphatic rings. The molecule has 1 fully saturated rings. The smallest absolute Gasteiger partial charge is 0.306 e. The topological polar surface area (TPSA) is 186 Å². The van der Waals surface area contributed by atoms with Crippen molar-refractivity contribution in [1.82, 2.24) is 0 Å². The lowest BCUT2D eigenvalue weighted by Crippen LogP contribution is -2.60. The Kier molecular flexibility index (Phi) is 34.0. The van der Waals surface area contributed by atoms with Gasteiger partial charge in [0, 0.05) is 12.8 Å². The number of carbonyl (C=O) groups excluding carboxylic acids is 2. The zero-order valence-electron chi connectivity index (χ0n) is 36.9. The molecule has 2 unspecified atom stereocenters. The van der Waals surface area contributed by atoms with Crippen LogP contribution in [0.1, 0.15) is 117 Å². The fraction of sp³-hybridized carbons (Fsp3) is 0.551. The van der Waals surface area contributed by atoms with E-state index >= 15 is 0 Å². The summed E-state index contributed by atoms with van der Waals surface area (Å²) in [7, 11) is -4.62. The van der Waals surface area contributed by atoms with E-state index < -0.39 is 71.2 Å². The number of carbonyl (C=O) groups is 2. The van der Waals surface area contributed by atoms with Gasteiger partial charge >= 0.3 is 11.9 Å². The van der Waals surface area contributed by atoms with Crippen molar-refractivity contribution < 1.29 is 56.8 Å². The van der Waals surface area contributed by atoms with Crippen LogP contribution in [0.3, 0.4) is 0 Å². The van der Waals surface area contributed by atoms with Gasteiger partial charge < -0.3 is 34.3 Å². The van der Waals surface area contributed by atoms with Crippen LogP contribution in [-0.4, -0.2) is 96.0 Å². The van der Waals surface area contributed by atoms with Crippen molar-refractivity contribution in [3.8, 4) is 0 Å². The van der Waals surface area contributed by atoms with Crippen LogP contribution < -0.4 is 0 Å². The molecule has 0 radical (unpaired) electrons. The molecule has 0 aromatic carbocycles. The lowest BCUT2D eigenvalue weighted by molar-refractivity contribution is -0.297. The largest absolute Gasteiger partial charge is 0.462 e. The van der Waals surface area contributed by atoms with Gasteiger partial charge in [-0.3, -0.25) is 14.1 Å². The molecular weight excluding hydrogens is 813 g/mol. The van der Waals surface area contributed by atoms with Crippen LogP contribution in [0.5, 0.6) is 0 Å². The minimum absolute atomic E-state index is 0.0797. The van der Waals surface area contributed by atoms with Gasteiger partial charge in [0.1, 0.15) is 36.8 Å². The van der Waals surface area contributed by atoms with Gasteiger partial charge in [-0.05, 0) is 70.6 Å². The quantitative estimate of drug-likeness (QED) is 0.0158. The third-order valence-electron chi connectivity index (χ3n) is 9.14. The molecule has 4 N–H and O–H groups in total. The van der Waals surface area contributed by atoms with E-state index in [9.17, 15) is 37.9 Å². The monoisotopic (exact) mass is 886 g/mol. The summed E-state index contributed by atoms with van der Waals surface area (Å²) in [6.45, 7) is 3.39. The molecule has 62 heavy (non-hydrogen) atoms. The zero-order valence-corrected chi connectivity index (χ0v) is 37.7. The number of unbranched alkanes of at least 4 members (excludes halogenated alkanes) is 5. The summed E-state index contributed by atoms with van der Waals surface area (Å²) in [4.78, 5) is 25.4. The molecule has 0 bridgehead atoms. The minimum atomic E-state index is -4.62. The molecule has 0 aromatic rings. The van der Waals surface area contributed by atoms with E-state index in [0.29, 0.717) is 12.8 Å². The first kappa shape index (κ1) is 56.1. The van der Waals surface area contributed by atoms with E-state index in [0.717, 1.165) is 77.0 Å². The molecule has 1 rings (SSSR count). The van der Waals surface area contributed by atoms with Crippen molar-refractivity contribution in [2.45, 2.75) is 153 Å². The number of esters is 2. The second kappa shape index (κ2) is 37.6. The zero-order chi connectivity index (χ0) is 45.5. The highest BCUT2D eigenvalue weighted by molar-refractivity contribution is 7.85. The number of hydrogen-bond acceptors (Lipinski definition) is 11. The Balaban J connectivity index is 2.54. The molecule has 1 heterocycles. The molecule has 0 saturated carbocycles. The molecule has 0 spiro atoms. The molecule has 0 amide bonds. The maximum Gasteiger partial charge on any atom is 0.306 e. The van der Waals surface area contributed by atoms with E-state index in [1.807, 2.05) is 48.6 Å². The predicted molar refractivity (Wildman–Crippen MR) is 247 cm³/mol. The fourth-order valence-electron chi connectivity index (χ4n) is 5.77. The van der Waals surface area contributed by atoms with Crippen LogP contribution in [-0.2, 0) is 38.7 Å². The Hall–Kier alpha value is -3.95. The van der Waals surface area contributed by atoms with E-state index in [2.05, 4.69) is 86.8 Å². The Labute approximate surface area is 371 Å². The van der Waals surface area contributed by atoms with Crippen LogP contribution in [0, 0.1) is 0 Å². The second-order valence-electron chi connectivity index (χ2n) is 14.7. The Morgan fingerprint density at radius 2 is 1.08 bits per heavy atom. The van der Waals surface area contributed by atoms with Gasteiger partial charge in [-0.25, -0.2) is 0 Å². The normalized spacial score (nSPS) is 21.0. The minimum Gasteiger partial charge on any atom is -0.462 e. The standard InChI is InChI=1S/C49H74O12S/c1-3-5-7-9-11-13-15-17-19-20-21-22-24-25-27-29-31-33-35-37-44(50)58-39-42(40-59-49-48(54)47(53)46(52)43(61-49)41-62(55,56)57)60-45(51)38-36-34-32-30-28-26-23-18-16-14-12-10-8-6-4-2/h5-8,10-14,16-19,21-23,25,27,31,33,42-43,46-49,52-54H,3-4,9,15,20,24,26,28-30,32,34-41H2,1-2H3,(H,55,56,57)/b7-5+,8-6+,12-10+,13-11+,16-14+,19-17+,22-21+,23-18+,27-25+,33-31+/t42-,43-,46-,47?,48?,49+/m1/s1. The summed E-state index contributed by atoms with van der Waals surface area (Å²) in [6, 6.07) is 0. The molecule has 12 nitrogen and oxygen atoms in total. The van der Waals surface area contributed by atoms with Crippen molar-refractivity contribution in [2.24, 2.45) is 0 Å². The molecule has 13 heteroatoms. The lowest BCUT2D eigenvalue weighted by atomic mass is 10.00. The van der Waals surface area contributed by atoms with Crippen LogP contribution in [0.4, 0.5) is 0 Å². The van der Waals surface area contributed by atoms with Crippen molar-refractivity contribution in [3.05, 3.63) is 122 Å². The summed E-state index contributed by atoms with van der Waals surface area (Å²) in [6.07, 6.45) is 44.0. The Morgan fingerprint density at radius 1 is 0.565 bits per heavy atom. The van der Waals surface area contributed by atoms with Gasteiger partial charge in [0.15, 0.2) is 12.4 Å². The van der Waals surface area contributed by atoms with E-state index in [-0.39, 0.29) is 19.4 Å². The molecule has 0 aliphatic carbocycles. The van der Waals surface area contributed by atoms with Gasteiger partial charge in [0.2, 0.25) is 0 Å². The molecular formula is C49H74O12S. The predicted octanol–water partition coefficient (Wildman–Crippen LogP) is 9.00. The first-order chi connectivity index (χ1) is 30.0. The number of ether oxygens (including phenoxy) is 4. The van der Waals surface area contributed by atoms with Gasteiger partial charge in [0.25, 0.3) is 10.1 Å². The average molecular weight is 887 g/mol. The number of hydrogen-bond donors (Lipinski definition) is 4. The molecule has 1 saturated heterocycles. The molecule has 1 aliphatic heterocycles. The summed E-state index contributed by atoms with van der Waals surface area (Å²) in [5.41, 5.74) is 0. The molecule has 348 valence electrons. The summed E-state index contributed by atoms with van der Waals surface area (Å²) in [5, 5.41) is 30.9. The van der Waals surface area contributed by atoms with Crippen LogP contribution in [0.25, 0.3) is 0 Å². The highest BCUT2D eigenvalue weighted by Crippen LogP contribution is 2.24. The molecule has 0 aromatic heterocycles. The van der Waals surface area contributed by atoms with Gasteiger partial charge in [0.05, 0.1) is 6.61 Å². The van der Waals surface area contributed by atoms with Crippen molar-refractivity contribution in [3.63, 3.8) is 0 Å². The van der Waals surface area contributed by atoms with Crippen molar-refractivity contribution in [1.29, 1.82) is 0 Å². The molecule has 6 atom stereocenters. The first-order valence-corrected chi connectivity index (χ1v) is 23.8. The maximum atomic E-state index is 12.8.